The molecule has 5 nitrogen and oxygen atoms in total. The van der Waals surface area contributed by atoms with Gasteiger partial charge in [0.15, 0.2) is 5.78 Å². The van der Waals surface area contributed by atoms with Gasteiger partial charge in [0, 0.05) is 31.7 Å². The predicted octanol–water partition coefficient (Wildman–Crippen LogP) is 2.58. The van der Waals surface area contributed by atoms with Gasteiger partial charge in [-0.1, -0.05) is 19.1 Å². The lowest BCUT2D eigenvalue weighted by atomic mass is 10.1. The summed E-state index contributed by atoms with van der Waals surface area (Å²) in [6.07, 6.45) is 0.862. The number of aryl methyl sites for hydroxylation is 1. The molecule has 0 aromatic heterocycles. The molecule has 1 aliphatic heterocycles. The maximum atomic E-state index is 13.0. The maximum Gasteiger partial charge on any atom is 0.243 e. The first-order chi connectivity index (χ1) is 12.9. The summed E-state index contributed by atoms with van der Waals surface area (Å²) >= 11 is 0. The number of piperazine rings is 1. The third-order valence-electron chi connectivity index (χ3n) is 4.83. The van der Waals surface area contributed by atoms with Gasteiger partial charge in [-0.05, 0) is 48.4 Å². The molecule has 7 heteroatoms. The topological polar surface area (TPSA) is 57.7 Å². The van der Waals surface area contributed by atoms with Crippen LogP contribution in [0, 0.1) is 5.82 Å². The summed E-state index contributed by atoms with van der Waals surface area (Å²) in [5, 5.41) is 0. The van der Waals surface area contributed by atoms with Gasteiger partial charge in [-0.3, -0.25) is 9.69 Å². The first kappa shape index (κ1) is 19.7. The Labute approximate surface area is 159 Å². The highest BCUT2D eigenvalue weighted by Crippen LogP contribution is 2.19. The van der Waals surface area contributed by atoms with E-state index in [0.717, 1.165) is 12.0 Å². The van der Waals surface area contributed by atoms with Crippen LogP contribution in [-0.4, -0.2) is 56.1 Å². The monoisotopic (exact) mass is 390 g/mol. The number of carbonyl (C=O) groups excluding carboxylic acids is 1. The lowest BCUT2D eigenvalue weighted by Crippen LogP contribution is -2.49. The molecular weight excluding hydrogens is 367 g/mol. The highest BCUT2D eigenvalue weighted by Gasteiger charge is 2.29. The molecule has 1 saturated heterocycles. The number of hydrogen-bond donors (Lipinski definition) is 0. The third-order valence-corrected chi connectivity index (χ3v) is 6.75. The summed E-state index contributed by atoms with van der Waals surface area (Å²) in [5.41, 5.74) is 1.56. The van der Waals surface area contributed by atoms with E-state index >= 15 is 0 Å². The summed E-state index contributed by atoms with van der Waals surface area (Å²) < 4.78 is 40.0. The molecule has 0 atom stereocenters. The minimum Gasteiger partial charge on any atom is -0.293 e. The molecule has 3 rings (SSSR count). The van der Waals surface area contributed by atoms with Crippen LogP contribution in [0.4, 0.5) is 4.39 Å². The lowest BCUT2D eigenvalue weighted by Gasteiger charge is -2.33. The van der Waals surface area contributed by atoms with Crippen molar-refractivity contribution in [3.05, 3.63) is 65.5 Å². The first-order valence-electron chi connectivity index (χ1n) is 9.00. The molecule has 1 heterocycles. The second-order valence-corrected chi connectivity index (χ2v) is 8.55. The van der Waals surface area contributed by atoms with Crippen LogP contribution in [0.1, 0.15) is 22.8 Å². The largest absolute Gasteiger partial charge is 0.293 e. The molecule has 27 heavy (non-hydrogen) atoms. The second kappa shape index (κ2) is 8.29. The van der Waals surface area contributed by atoms with Gasteiger partial charge >= 0.3 is 0 Å². The van der Waals surface area contributed by atoms with Crippen LogP contribution in [0.5, 0.6) is 0 Å². The van der Waals surface area contributed by atoms with E-state index in [-0.39, 0.29) is 18.1 Å². The van der Waals surface area contributed by atoms with Crippen LogP contribution < -0.4 is 0 Å². The van der Waals surface area contributed by atoms with Gasteiger partial charge in [0.2, 0.25) is 10.0 Å². The Kier molecular flexibility index (Phi) is 6.04. The molecule has 0 radical (unpaired) electrons. The van der Waals surface area contributed by atoms with Gasteiger partial charge in [-0.2, -0.15) is 4.31 Å². The van der Waals surface area contributed by atoms with Gasteiger partial charge in [-0.15, -0.1) is 0 Å². The van der Waals surface area contributed by atoms with Crippen molar-refractivity contribution in [3.8, 4) is 0 Å². The lowest BCUT2D eigenvalue weighted by molar-refractivity contribution is 0.0901. The quantitative estimate of drug-likeness (QED) is 0.712. The molecule has 2 aromatic rings. The van der Waals surface area contributed by atoms with Crippen molar-refractivity contribution in [1.82, 2.24) is 9.21 Å². The van der Waals surface area contributed by atoms with Crippen molar-refractivity contribution >= 4 is 15.8 Å². The fourth-order valence-corrected chi connectivity index (χ4v) is 4.53. The highest BCUT2D eigenvalue weighted by molar-refractivity contribution is 7.89. The molecule has 0 spiro atoms. The Morgan fingerprint density at radius 3 is 2.11 bits per heavy atom. The average Bonchev–Trinajstić information content (AvgIpc) is 2.69. The fourth-order valence-electron chi connectivity index (χ4n) is 3.10. The van der Waals surface area contributed by atoms with Gasteiger partial charge in [0.05, 0.1) is 11.4 Å². The number of sulfonamides is 1. The van der Waals surface area contributed by atoms with Crippen LogP contribution in [-0.2, 0) is 16.4 Å². The van der Waals surface area contributed by atoms with Gasteiger partial charge < -0.3 is 0 Å². The summed E-state index contributed by atoms with van der Waals surface area (Å²) in [5.74, 6) is -0.473. The van der Waals surface area contributed by atoms with Crippen LogP contribution in [0.3, 0.4) is 0 Å². The Balaban J connectivity index is 1.59. The SMILES string of the molecule is CCc1ccc(S(=O)(=O)N2CCN(CC(=O)c3ccc(F)cc3)CC2)cc1. The Morgan fingerprint density at radius 1 is 0.963 bits per heavy atom. The minimum atomic E-state index is -3.52. The molecule has 0 saturated carbocycles. The molecule has 0 unspecified atom stereocenters. The van der Waals surface area contributed by atoms with Crippen LogP contribution in [0.15, 0.2) is 53.4 Å². The number of ketones is 1. The summed E-state index contributed by atoms with van der Waals surface area (Å²) in [6.45, 7) is 3.88. The Bertz CT molecular complexity index is 888. The van der Waals surface area contributed by atoms with E-state index in [1.54, 1.807) is 12.1 Å². The third kappa shape index (κ3) is 4.61. The summed E-state index contributed by atoms with van der Waals surface area (Å²) in [7, 11) is -3.52. The number of halogens is 1. The van der Waals surface area contributed by atoms with Gasteiger partial charge in [0.25, 0.3) is 0 Å². The molecule has 0 aliphatic carbocycles. The minimum absolute atomic E-state index is 0.0959. The molecule has 0 amide bonds. The Hall–Kier alpha value is -2.09. The number of carbonyl (C=O) groups is 1. The molecule has 0 bridgehead atoms. The first-order valence-corrected chi connectivity index (χ1v) is 10.4. The number of benzene rings is 2. The van der Waals surface area contributed by atoms with E-state index in [9.17, 15) is 17.6 Å². The van der Waals surface area contributed by atoms with Crippen molar-refractivity contribution in [2.45, 2.75) is 18.2 Å². The normalized spacial score (nSPS) is 16.4. The van der Waals surface area contributed by atoms with Crippen molar-refractivity contribution in [3.63, 3.8) is 0 Å². The van der Waals surface area contributed by atoms with E-state index in [0.29, 0.717) is 36.6 Å². The molecule has 144 valence electrons. The van der Waals surface area contributed by atoms with E-state index in [1.165, 1.54) is 28.6 Å². The highest BCUT2D eigenvalue weighted by atomic mass is 32.2. The van der Waals surface area contributed by atoms with Crippen molar-refractivity contribution in [2.75, 3.05) is 32.7 Å². The summed E-state index contributed by atoms with van der Waals surface area (Å²) in [4.78, 5) is 14.5. The molecule has 1 aliphatic rings. The number of nitrogens with zero attached hydrogens (tertiary/aromatic N) is 2. The van der Waals surface area contributed by atoms with E-state index in [2.05, 4.69) is 0 Å². The number of hydrogen-bond acceptors (Lipinski definition) is 4. The van der Waals surface area contributed by atoms with Crippen molar-refractivity contribution in [2.24, 2.45) is 0 Å². The molecule has 0 N–H and O–H groups in total. The van der Waals surface area contributed by atoms with Gasteiger partial charge in [-0.25, -0.2) is 12.8 Å². The molecular formula is C20H23FN2O3S. The average molecular weight is 390 g/mol. The zero-order valence-corrected chi connectivity index (χ0v) is 16.1. The van der Waals surface area contributed by atoms with Crippen molar-refractivity contribution < 1.29 is 17.6 Å². The standard InChI is InChI=1S/C20H23FN2O3S/c1-2-16-3-9-19(10-4-16)27(25,26)23-13-11-22(12-14-23)15-20(24)17-5-7-18(21)8-6-17/h3-10H,2,11-15H2,1H3. The predicted molar refractivity (Wildman–Crippen MR) is 102 cm³/mol. The van der Waals surface area contributed by atoms with Crippen LogP contribution in [0.25, 0.3) is 0 Å². The second-order valence-electron chi connectivity index (χ2n) is 6.61. The van der Waals surface area contributed by atoms with E-state index < -0.39 is 10.0 Å². The fraction of sp³-hybridized carbons (Fsp3) is 0.350. The maximum absolute atomic E-state index is 13.0. The molecule has 1 fully saturated rings. The van der Waals surface area contributed by atoms with E-state index in [1.807, 2.05) is 24.0 Å². The summed E-state index contributed by atoms with van der Waals surface area (Å²) in [6, 6.07) is 12.5. The Morgan fingerprint density at radius 2 is 1.56 bits per heavy atom. The number of Topliss-reactive ketones (excluding diaryl/α,β-unsaturated/α-hetero) is 1. The number of rotatable bonds is 6. The molecule has 2 aromatic carbocycles. The van der Waals surface area contributed by atoms with Crippen LogP contribution in [0.2, 0.25) is 0 Å². The zero-order chi connectivity index (χ0) is 19.4. The van der Waals surface area contributed by atoms with E-state index in [4.69, 9.17) is 0 Å². The van der Waals surface area contributed by atoms with Crippen LogP contribution >= 0.6 is 0 Å². The van der Waals surface area contributed by atoms with Crippen molar-refractivity contribution in [1.29, 1.82) is 0 Å². The van der Waals surface area contributed by atoms with Gasteiger partial charge in [0.1, 0.15) is 5.82 Å². The zero-order valence-electron chi connectivity index (χ0n) is 15.3. The smallest absolute Gasteiger partial charge is 0.243 e.